The second-order valence-electron chi connectivity index (χ2n) is 17.2. The first kappa shape index (κ1) is 69.0. The molecule has 10 nitrogen and oxygen atoms in total. The van der Waals surface area contributed by atoms with Gasteiger partial charge in [-0.15, -0.1) is 107 Å². The molecular formula is C54H30F20Ir2N10-8. The maximum atomic E-state index is 13.2. The van der Waals surface area contributed by atoms with Gasteiger partial charge in [0.2, 0.25) is 0 Å². The predicted molar refractivity (Wildman–Crippen MR) is 258 cm³/mol. The fraction of sp³-hybridized carbons (Fsp3) is 0.148. The van der Waals surface area contributed by atoms with Crippen LogP contribution in [0.15, 0.2) is 134 Å². The summed E-state index contributed by atoms with van der Waals surface area (Å²) < 4.78 is 256. The van der Waals surface area contributed by atoms with E-state index < -0.39 is 105 Å². The van der Waals surface area contributed by atoms with Crippen molar-refractivity contribution in [1.29, 1.82) is 0 Å². The van der Waals surface area contributed by atoms with Crippen LogP contribution >= 0.6 is 0 Å². The van der Waals surface area contributed by atoms with Crippen molar-refractivity contribution in [2.75, 3.05) is 23.9 Å². The maximum absolute atomic E-state index is 13.2. The number of benzene rings is 4. The number of anilines is 2. The second kappa shape index (κ2) is 27.3. The van der Waals surface area contributed by atoms with Crippen LogP contribution in [0.3, 0.4) is 0 Å². The Morgan fingerprint density at radius 2 is 0.721 bits per heavy atom. The molecule has 0 fully saturated rings. The van der Waals surface area contributed by atoms with E-state index in [0.29, 0.717) is 60.7 Å². The van der Waals surface area contributed by atoms with Crippen molar-refractivity contribution in [3.05, 3.63) is 217 Å². The van der Waals surface area contributed by atoms with Crippen LogP contribution in [0.1, 0.15) is 33.6 Å². The van der Waals surface area contributed by atoms with Crippen molar-refractivity contribution in [2.24, 2.45) is 0 Å². The molecule has 462 valence electrons. The summed E-state index contributed by atoms with van der Waals surface area (Å²) in [6, 6.07) is 25.8. The Morgan fingerprint density at radius 3 is 0.965 bits per heavy atom. The van der Waals surface area contributed by atoms with E-state index >= 15 is 0 Å². The van der Waals surface area contributed by atoms with E-state index in [2.05, 4.69) is 54.6 Å². The normalized spacial score (nSPS) is 13.5. The van der Waals surface area contributed by atoms with Gasteiger partial charge < -0.3 is 40.0 Å². The number of pyridine rings is 2. The van der Waals surface area contributed by atoms with Gasteiger partial charge in [0.25, 0.3) is 0 Å². The fourth-order valence-corrected chi connectivity index (χ4v) is 6.87. The first-order valence-corrected chi connectivity index (χ1v) is 23.0. The van der Waals surface area contributed by atoms with E-state index in [0.717, 1.165) is 23.5 Å². The van der Waals surface area contributed by atoms with Crippen LogP contribution in [0.25, 0.3) is 45.3 Å². The molecule has 4 aromatic heterocycles. The fourth-order valence-electron chi connectivity index (χ4n) is 6.87. The molecule has 0 bridgehead atoms. The van der Waals surface area contributed by atoms with E-state index in [1.54, 1.807) is 12.1 Å². The minimum atomic E-state index is -4.90. The van der Waals surface area contributed by atoms with Crippen molar-refractivity contribution < 1.29 is 128 Å². The molecule has 10 rings (SSSR count). The van der Waals surface area contributed by atoms with E-state index in [1.165, 1.54) is 24.3 Å². The van der Waals surface area contributed by atoms with Gasteiger partial charge in [-0.3, -0.25) is 18.7 Å². The van der Waals surface area contributed by atoms with Crippen LogP contribution in [0.4, 0.5) is 99.2 Å². The van der Waals surface area contributed by atoms with E-state index in [9.17, 15) is 87.8 Å². The minimum absolute atomic E-state index is 0. The molecule has 2 aliphatic heterocycles. The van der Waals surface area contributed by atoms with Crippen molar-refractivity contribution in [1.82, 2.24) is 40.2 Å². The quantitative estimate of drug-likeness (QED) is 0.118. The van der Waals surface area contributed by atoms with Crippen molar-refractivity contribution in [2.45, 2.75) is 37.1 Å². The van der Waals surface area contributed by atoms with E-state index in [4.69, 9.17) is 0 Å². The molecule has 0 spiro atoms. The van der Waals surface area contributed by atoms with Gasteiger partial charge in [-0.25, -0.2) is 0 Å². The van der Waals surface area contributed by atoms with Crippen LogP contribution < -0.4 is 20.0 Å². The van der Waals surface area contributed by atoms with Crippen LogP contribution in [0.2, 0.25) is 0 Å². The minimum Gasteiger partial charge on any atom is -0.573 e. The average Bonchev–Trinajstić information content (AvgIpc) is 2.98. The molecule has 32 heteroatoms. The van der Waals surface area contributed by atoms with Gasteiger partial charge >= 0.3 is 37.1 Å². The van der Waals surface area contributed by atoms with E-state index in [-0.39, 0.29) is 63.0 Å². The van der Waals surface area contributed by atoms with Gasteiger partial charge in [0.1, 0.15) is 11.4 Å². The van der Waals surface area contributed by atoms with Crippen molar-refractivity contribution in [3.63, 3.8) is 0 Å². The number of halogens is 20. The smallest absolute Gasteiger partial charge is 0.431 e. The molecular weight excluding hydrogens is 1550 g/mol. The zero-order valence-corrected chi connectivity index (χ0v) is 47.3. The van der Waals surface area contributed by atoms with Crippen molar-refractivity contribution >= 4 is 11.4 Å². The Hall–Kier alpha value is -7.82. The molecule has 0 saturated carbocycles. The molecule has 0 unspecified atom stereocenters. The van der Waals surface area contributed by atoms with Crippen LogP contribution in [0.5, 0.6) is 0 Å². The third-order valence-electron chi connectivity index (χ3n) is 10.9. The third kappa shape index (κ3) is 18.6. The average molecular weight is 1580 g/mol. The number of hydrogen-bond acceptors (Lipinski definition) is 8. The maximum Gasteiger partial charge on any atom is 0.431 e. The van der Waals surface area contributed by atoms with Gasteiger partial charge in [0.15, 0.2) is 0 Å². The number of aromatic nitrogens is 6. The molecule has 0 N–H and O–H groups in total. The number of nitrogens with zero attached hydrogens (tertiary/aromatic N) is 10. The Bertz CT molecular complexity index is 3320. The molecule has 0 aliphatic carbocycles. The van der Waals surface area contributed by atoms with E-state index in [1.807, 2.05) is 71.8 Å². The molecule has 2 radical (unpaired) electrons. The molecule has 86 heavy (non-hydrogen) atoms. The SMILES string of the molecule is CN1C=CN(c2[c-]cc(F)cc2)[CH-]1.CN1C=CN(c2[c-]cc(F)cc2)[CH-]1.FC(F)(F)c1c[c-]c(-c2cc(C(F)(F)F)cc(-c3cc(C(F)(F)F)n[n-]3)n2)cc1.FC(F)(F)c1c[c-]c(-c2cc(C(F)(F)F)cc(-c3cc(C(F)(F)F)n[n-]3)n2)cc1.[Ir].[Ir]. The Morgan fingerprint density at radius 1 is 0.384 bits per heavy atom. The first-order valence-electron chi connectivity index (χ1n) is 23.0. The number of alkyl halides is 18. The van der Waals surface area contributed by atoms with Crippen LogP contribution in [-0.2, 0) is 77.3 Å². The summed E-state index contributed by atoms with van der Waals surface area (Å²) in [6.07, 6.45) is -21.3. The van der Waals surface area contributed by atoms with Crippen molar-refractivity contribution in [3.8, 4) is 45.3 Å². The molecule has 0 atom stereocenters. The molecule has 8 aromatic rings. The third-order valence-corrected chi connectivity index (χ3v) is 10.9. The summed E-state index contributed by atoms with van der Waals surface area (Å²) in [6.45, 7) is 3.79. The Balaban J connectivity index is 0.000000221. The van der Waals surface area contributed by atoms with Crippen LogP contribution in [0, 0.1) is 49.2 Å². The standard InChI is InChI=1S/2C17H6F9N3.2C10H9FN2.2Ir/c2*18-15(19,20)9-3-1-8(2-4-9)11-5-10(16(21,22)23)6-12(27-11)13-7-14(29-28-13)17(24,25)26;2*1-12-6-7-13(8-12)10-4-2-9(11)3-5-10;;/h2*1,3-7H;2*2-4,6-8H,1H3;;/q4*-2;;. The zero-order valence-electron chi connectivity index (χ0n) is 42.6. The monoisotopic (exact) mass is 1580 g/mol. The summed E-state index contributed by atoms with van der Waals surface area (Å²) in [7, 11) is 3.86. The van der Waals surface area contributed by atoms with Crippen LogP contribution in [-0.4, -0.2) is 44.1 Å². The number of rotatable bonds is 6. The molecule has 0 saturated heterocycles. The topological polar surface area (TPSA) is 92.7 Å². The first-order chi connectivity index (χ1) is 39.0. The zero-order chi connectivity index (χ0) is 61.7. The number of hydrogen-bond donors (Lipinski definition) is 0. The summed E-state index contributed by atoms with van der Waals surface area (Å²) in [5.41, 5.74) is -9.51. The Labute approximate surface area is 500 Å². The predicted octanol–water partition coefficient (Wildman–Crippen LogP) is 15.2. The van der Waals surface area contributed by atoms with Gasteiger partial charge in [-0.2, -0.15) is 104 Å². The summed E-state index contributed by atoms with van der Waals surface area (Å²) in [5, 5.41) is 12.1. The molecule has 0 amide bonds. The molecule has 4 aromatic carbocycles. The molecule has 6 heterocycles. The summed E-state index contributed by atoms with van der Waals surface area (Å²) in [5.74, 6) is -0.527. The van der Waals surface area contributed by atoms with Gasteiger partial charge in [-0.1, -0.05) is 23.5 Å². The van der Waals surface area contributed by atoms with Gasteiger partial charge in [-0.05, 0) is 85.7 Å². The largest absolute Gasteiger partial charge is 0.573 e. The summed E-state index contributed by atoms with van der Waals surface area (Å²) >= 11 is 0. The Kier molecular flexibility index (Phi) is 21.9. The van der Waals surface area contributed by atoms with Gasteiger partial charge in [0.05, 0.1) is 11.1 Å². The molecule has 2 aliphatic rings. The summed E-state index contributed by atoms with van der Waals surface area (Å²) in [4.78, 5) is 15.2. The second-order valence-corrected chi connectivity index (χ2v) is 17.2. The van der Waals surface area contributed by atoms with Gasteiger partial charge in [0, 0.05) is 63.2 Å².